The summed E-state index contributed by atoms with van der Waals surface area (Å²) in [6, 6.07) is 0.463. The molecule has 2 aromatic heterocycles. The number of amides is 2. The van der Waals surface area contributed by atoms with Gasteiger partial charge in [0, 0.05) is 57.5 Å². The summed E-state index contributed by atoms with van der Waals surface area (Å²) in [5.74, 6) is 0.570. The molecule has 2 aliphatic heterocycles. The summed E-state index contributed by atoms with van der Waals surface area (Å²) in [6.45, 7) is 28.3. The number of nitrogens with zero attached hydrogens (tertiary/aromatic N) is 8. The van der Waals surface area contributed by atoms with E-state index < -0.39 is 0 Å². The Morgan fingerprint density at radius 1 is 0.755 bits per heavy atom. The molecule has 306 valence electrons. The quantitative estimate of drug-likeness (QED) is 0.111. The summed E-state index contributed by atoms with van der Waals surface area (Å²) >= 11 is 0. The normalized spacial score (nSPS) is 14.0. The van der Waals surface area contributed by atoms with Crippen LogP contribution >= 0.6 is 0 Å². The molecule has 2 aromatic rings. The zero-order valence-electron chi connectivity index (χ0n) is 34.8. The number of likely N-dealkylation sites (tertiary alicyclic amines) is 2. The molecule has 0 radical (unpaired) electrons. The zero-order valence-corrected chi connectivity index (χ0v) is 34.8. The molecule has 10 nitrogen and oxygen atoms in total. The Morgan fingerprint density at radius 2 is 1.19 bits per heavy atom. The Balaban J connectivity index is 0. The van der Waals surface area contributed by atoms with Gasteiger partial charge in [-0.2, -0.15) is 0 Å². The first-order chi connectivity index (χ1) is 24.9. The predicted molar refractivity (Wildman–Crippen MR) is 224 cm³/mol. The third kappa shape index (κ3) is 29.8. The van der Waals surface area contributed by atoms with E-state index in [0.717, 1.165) is 58.3 Å². The average Bonchev–Trinajstić information content (AvgIpc) is 3.94. The Bertz CT molecular complexity index is 1090. The van der Waals surface area contributed by atoms with Crippen molar-refractivity contribution in [2.75, 3.05) is 13.1 Å². The fourth-order valence-corrected chi connectivity index (χ4v) is 5.91. The summed E-state index contributed by atoms with van der Waals surface area (Å²) in [5.41, 5.74) is 1.49. The van der Waals surface area contributed by atoms with Crippen LogP contribution in [0.5, 0.6) is 0 Å². The van der Waals surface area contributed by atoms with Crippen molar-refractivity contribution in [2.24, 2.45) is 5.41 Å². The molecule has 1 atom stereocenters. The lowest BCUT2D eigenvalue weighted by atomic mass is 9.86. The number of unbranched alkanes of at least 4 members (excludes halogenated alkanes) is 10. The second kappa shape index (κ2) is 33.3. The molecule has 2 fully saturated rings. The van der Waals surface area contributed by atoms with Crippen molar-refractivity contribution in [3.05, 3.63) is 49.7 Å². The van der Waals surface area contributed by atoms with Crippen LogP contribution in [0, 0.1) is 5.41 Å². The molecule has 0 saturated carbocycles. The molecule has 53 heavy (non-hydrogen) atoms. The van der Waals surface area contributed by atoms with Crippen LogP contribution < -0.4 is 0 Å². The van der Waals surface area contributed by atoms with Crippen molar-refractivity contribution < 1.29 is 9.59 Å². The van der Waals surface area contributed by atoms with Gasteiger partial charge in [0.05, 0.1) is 12.4 Å². The predicted octanol–water partition coefficient (Wildman–Crippen LogP) is 11.1. The largest absolute Gasteiger partial charge is 0.340 e. The Hall–Kier alpha value is -3.30. The number of allylic oxidation sites excluding steroid dienone is 1. The number of hydrogen-bond donors (Lipinski definition) is 0. The molecule has 4 heterocycles. The lowest BCUT2D eigenvalue weighted by Crippen LogP contribution is -2.38. The molecule has 0 aromatic carbocycles. The fraction of sp³-hybridized carbons (Fsp3) is 0.767. The van der Waals surface area contributed by atoms with E-state index in [0.29, 0.717) is 23.8 Å². The number of rotatable bonds is 18. The van der Waals surface area contributed by atoms with Crippen LogP contribution in [0.2, 0.25) is 0 Å². The molecule has 2 amide bonds. The van der Waals surface area contributed by atoms with Gasteiger partial charge in [-0.25, -0.2) is 0 Å². The van der Waals surface area contributed by atoms with E-state index in [1.54, 1.807) is 23.5 Å². The van der Waals surface area contributed by atoms with Crippen LogP contribution in [0.25, 0.3) is 0 Å². The first kappa shape index (κ1) is 51.8. The molecule has 1 unspecified atom stereocenters. The van der Waals surface area contributed by atoms with Crippen molar-refractivity contribution in [2.45, 2.75) is 198 Å². The van der Waals surface area contributed by atoms with Crippen molar-refractivity contribution in [3.8, 4) is 0 Å². The molecule has 4 rings (SSSR count). The van der Waals surface area contributed by atoms with Crippen LogP contribution in [-0.4, -0.2) is 70.7 Å². The second-order valence-electron chi connectivity index (χ2n) is 15.5. The van der Waals surface area contributed by atoms with Crippen molar-refractivity contribution in [1.82, 2.24) is 39.8 Å². The fourth-order valence-electron chi connectivity index (χ4n) is 5.91. The van der Waals surface area contributed by atoms with Gasteiger partial charge in [-0.3, -0.25) is 19.0 Å². The van der Waals surface area contributed by atoms with E-state index >= 15 is 0 Å². The maximum absolute atomic E-state index is 11.6. The topological polar surface area (TPSA) is 102 Å². The van der Waals surface area contributed by atoms with Gasteiger partial charge in [-0.1, -0.05) is 136 Å². The molecule has 0 spiro atoms. The molecular weight excluding hydrogens is 661 g/mol. The van der Waals surface area contributed by atoms with Gasteiger partial charge in [-0.15, -0.1) is 16.8 Å². The summed E-state index contributed by atoms with van der Waals surface area (Å²) in [4.78, 5) is 26.0. The number of carbonyl (C=O) groups is 2. The van der Waals surface area contributed by atoms with Crippen molar-refractivity contribution in [3.63, 3.8) is 0 Å². The van der Waals surface area contributed by atoms with Crippen LogP contribution in [0.3, 0.4) is 0 Å². The highest BCUT2D eigenvalue weighted by molar-refractivity contribution is 5.79. The van der Waals surface area contributed by atoms with E-state index in [1.165, 1.54) is 82.6 Å². The molecule has 0 N–H and O–H groups in total. The van der Waals surface area contributed by atoms with Crippen LogP contribution in [0.15, 0.2) is 49.7 Å². The lowest BCUT2D eigenvalue weighted by molar-refractivity contribution is -0.130. The first-order valence-corrected chi connectivity index (χ1v) is 20.4. The van der Waals surface area contributed by atoms with Crippen molar-refractivity contribution in [1.29, 1.82) is 0 Å². The summed E-state index contributed by atoms with van der Waals surface area (Å²) in [7, 11) is 0. The second-order valence-corrected chi connectivity index (χ2v) is 15.5. The summed E-state index contributed by atoms with van der Waals surface area (Å²) in [5, 5.41) is 15.4. The van der Waals surface area contributed by atoms with Crippen molar-refractivity contribution >= 4 is 11.8 Å². The van der Waals surface area contributed by atoms with Gasteiger partial charge in [0.15, 0.2) is 0 Å². The lowest BCUT2D eigenvalue weighted by Gasteiger charge is -2.32. The van der Waals surface area contributed by atoms with Crippen LogP contribution in [0.4, 0.5) is 0 Å². The van der Waals surface area contributed by atoms with Crippen LogP contribution in [0.1, 0.15) is 178 Å². The molecule has 0 bridgehead atoms. The molecule has 0 aliphatic carbocycles. The smallest absolute Gasteiger partial charge is 0.226 e. The van der Waals surface area contributed by atoms with E-state index in [2.05, 4.69) is 80.2 Å². The summed E-state index contributed by atoms with van der Waals surface area (Å²) in [6.07, 6.45) is 30.6. The number of carbonyl (C=O) groups excluding carboxylic acids is 2. The Kier molecular flexibility index (Phi) is 32.5. The number of aromatic nitrogens is 6. The van der Waals surface area contributed by atoms with Gasteiger partial charge in [0.2, 0.25) is 11.8 Å². The monoisotopic (exact) mass is 743 g/mol. The summed E-state index contributed by atoms with van der Waals surface area (Å²) < 4.78 is 3.81. The van der Waals surface area contributed by atoms with Gasteiger partial charge in [-0.05, 0) is 64.0 Å². The third-order valence-electron chi connectivity index (χ3n) is 8.63. The van der Waals surface area contributed by atoms with Crippen LogP contribution in [-0.2, 0) is 22.7 Å². The van der Waals surface area contributed by atoms with E-state index in [4.69, 9.17) is 0 Å². The maximum atomic E-state index is 11.6. The van der Waals surface area contributed by atoms with Gasteiger partial charge in [0.25, 0.3) is 0 Å². The Labute approximate surface area is 326 Å². The molecule has 2 saturated heterocycles. The standard InChI is InChI=1S/C12H23NO.2C10H19N3.C6H9NO.C4H8.CH4/c1-5-10(9-12(2,3)4)13-8-6-7-11(13)14;2*1-2-3-4-5-6-7-9-13-10-8-11-12-13;1-2-7-5-3-4-6(7)8;1-4(2)3;/h10H,5-9H2,1-4H3;2*8,10H,2-7,9H2,1H3;2H,1,3-5H2;1H2,2-3H3;1H4. The highest BCUT2D eigenvalue weighted by atomic mass is 16.2. The minimum Gasteiger partial charge on any atom is -0.340 e. The van der Waals surface area contributed by atoms with Gasteiger partial charge >= 0.3 is 0 Å². The minimum atomic E-state index is 0. The number of hydrogen-bond acceptors (Lipinski definition) is 6. The van der Waals surface area contributed by atoms with E-state index in [1.807, 2.05) is 35.6 Å². The minimum absolute atomic E-state index is 0. The van der Waals surface area contributed by atoms with E-state index in [9.17, 15) is 9.59 Å². The van der Waals surface area contributed by atoms with Gasteiger partial charge < -0.3 is 9.80 Å². The van der Waals surface area contributed by atoms with E-state index in [-0.39, 0.29) is 13.3 Å². The first-order valence-electron chi connectivity index (χ1n) is 20.4. The molecule has 10 heteroatoms. The Morgan fingerprint density at radius 3 is 1.49 bits per heavy atom. The number of aryl methyl sites for hydroxylation is 2. The zero-order chi connectivity index (χ0) is 39.0. The highest BCUT2D eigenvalue weighted by Gasteiger charge is 2.29. The van der Waals surface area contributed by atoms with Gasteiger partial charge in [0.1, 0.15) is 0 Å². The SMILES string of the molecule is C.C=C(C)C.C=CN1CCCC1=O.CCC(CC(C)(C)C)N1CCCC1=O.CCCCCCCCn1ccnn1.CCCCCCCCn1ccnn1. The maximum Gasteiger partial charge on any atom is 0.226 e. The molecular formula is C43H82N8O2. The average molecular weight is 743 g/mol. The highest BCUT2D eigenvalue weighted by Crippen LogP contribution is 2.27. The third-order valence-corrected chi connectivity index (χ3v) is 8.63. The molecule has 2 aliphatic rings.